The van der Waals surface area contributed by atoms with Gasteiger partial charge in [0.1, 0.15) is 0 Å². The number of likely N-dealkylation sites (tertiary alicyclic amines) is 1. The van der Waals surface area contributed by atoms with Crippen molar-refractivity contribution in [3.05, 3.63) is 65.7 Å². The average Bonchev–Trinajstić information content (AvgIpc) is 3.04. The average molecular weight is 350 g/mol. The molecule has 2 aromatic rings. The molecule has 1 saturated heterocycles. The second-order valence-corrected chi connectivity index (χ2v) is 6.66. The number of amides is 2. The summed E-state index contributed by atoms with van der Waals surface area (Å²) in [6.07, 6.45) is 0.204. The van der Waals surface area contributed by atoms with Crippen molar-refractivity contribution in [2.75, 3.05) is 11.9 Å². The maximum Gasteiger partial charge on any atom is 0.229 e. The number of hydrogen-bond donors (Lipinski definition) is 1. The second kappa shape index (κ2) is 7.52. The van der Waals surface area contributed by atoms with Gasteiger partial charge >= 0.3 is 0 Å². The van der Waals surface area contributed by atoms with Crippen molar-refractivity contribution in [1.82, 2.24) is 4.90 Å². The molecular formula is C21H22N2O3. The number of ketones is 1. The third-order valence-corrected chi connectivity index (χ3v) is 4.82. The molecule has 26 heavy (non-hydrogen) atoms. The summed E-state index contributed by atoms with van der Waals surface area (Å²) in [5.41, 5.74) is 2.17. The number of benzene rings is 2. The summed E-state index contributed by atoms with van der Waals surface area (Å²) < 4.78 is 0. The summed E-state index contributed by atoms with van der Waals surface area (Å²) >= 11 is 0. The lowest BCUT2D eigenvalue weighted by Gasteiger charge is -2.25. The summed E-state index contributed by atoms with van der Waals surface area (Å²) in [6.45, 7) is 3.86. The van der Waals surface area contributed by atoms with Crippen molar-refractivity contribution in [2.24, 2.45) is 5.92 Å². The highest BCUT2D eigenvalue weighted by Crippen LogP contribution is 2.29. The first-order valence-corrected chi connectivity index (χ1v) is 8.72. The topological polar surface area (TPSA) is 66.5 Å². The molecule has 2 amide bonds. The number of Topliss-reactive ketones (excluding diaryl/α,β-unsaturated/α-hetero) is 1. The Kier molecular flexibility index (Phi) is 5.16. The molecule has 2 aromatic carbocycles. The van der Waals surface area contributed by atoms with E-state index in [1.54, 1.807) is 29.2 Å². The molecule has 0 saturated carbocycles. The third-order valence-electron chi connectivity index (χ3n) is 4.82. The van der Waals surface area contributed by atoms with Crippen molar-refractivity contribution in [3.63, 3.8) is 0 Å². The van der Waals surface area contributed by atoms with Crippen LogP contribution in [0.25, 0.3) is 0 Å². The third kappa shape index (κ3) is 3.82. The molecule has 2 atom stereocenters. The quantitative estimate of drug-likeness (QED) is 0.840. The van der Waals surface area contributed by atoms with Gasteiger partial charge in [-0.2, -0.15) is 0 Å². The molecule has 3 rings (SSSR count). The fourth-order valence-corrected chi connectivity index (χ4v) is 3.25. The number of hydrogen-bond acceptors (Lipinski definition) is 3. The van der Waals surface area contributed by atoms with Gasteiger partial charge in [0.15, 0.2) is 5.78 Å². The number of nitrogens with zero attached hydrogens (tertiary/aromatic N) is 1. The SMILES string of the molecule is CC(=O)c1cccc(NC(=O)[C@H]2CC(=O)N([C@@H](C)c3ccccc3)C2)c1. The molecule has 0 aliphatic carbocycles. The van der Waals surface area contributed by atoms with Crippen molar-refractivity contribution in [2.45, 2.75) is 26.3 Å². The van der Waals surface area contributed by atoms with E-state index in [4.69, 9.17) is 0 Å². The maximum atomic E-state index is 12.6. The monoisotopic (exact) mass is 350 g/mol. The Labute approximate surface area is 153 Å². The number of carbonyl (C=O) groups is 3. The normalized spacial score (nSPS) is 17.8. The molecule has 1 fully saturated rings. The molecule has 0 aromatic heterocycles. The first-order valence-electron chi connectivity index (χ1n) is 8.72. The molecule has 0 spiro atoms. The van der Waals surface area contributed by atoms with Crippen LogP contribution in [0, 0.1) is 5.92 Å². The van der Waals surface area contributed by atoms with Gasteiger partial charge in [-0.15, -0.1) is 0 Å². The number of carbonyl (C=O) groups excluding carboxylic acids is 3. The fourth-order valence-electron chi connectivity index (χ4n) is 3.25. The van der Waals surface area contributed by atoms with E-state index in [1.807, 2.05) is 37.3 Å². The molecule has 1 N–H and O–H groups in total. The van der Waals surface area contributed by atoms with Crippen LogP contribution in [0.3, 0.4) is 0 Å². The van der Waals surface area contributed by atoms with Crippen LogP contribution in [0.4, 0.5) is 5.69 Å². The largest absolute Gasteiger partial charge is 0.335 e. The number of anilines is 1. The number of rotatable bonds is 5. The lowest BCUT2D eigenvalue weighted by molar-refractivity contribution is -0.129. The van der Waals surface area contributed by atoms with Crippen molar-refractivity contribution < 1.29 is 14.4 Å². The Hall–Kier alpha value is -2.95. The van der Waals surface area contributed by atoms with Crippen LogP contribution in [0.2, 0.25) is 0 Å². The minimum atomic E-state index is -0.394. The first kappa shape index (κ1) is 17.9. The van der Waals surface area contributed by atoms with Crippen LogP contribution >= 0.6 is 0 Å². The van der Waals surface area contributed by atoms with E-state index in [1.165, 1.54) is 6.92 Å². The second-order valence-electron chi connectivity index (χ2n) is 6.66. The highest BCUT2D eigenvalue weighted by Gasteiger charge is 2.37. The van der Waals surface area contributed by atoms with Crippen LogP contribution in [-0.2, 0) is 9.59 Å². The molecule has 1 aliphatic heterocycles. The number of nitrogens with one attached hydrogen (secondary N) is 1. The zero-order valence-corrected chi connectivity index (χ0v) is 14.9. The minimum absolute atomic E-state index is 0.0148. The molecule has 0 bridgehead atoms. The molecule has 134 valence electrons. The van der Waals surface area contributed by atoms with Gasteiger partial charge in [-0.1, -0.05) is 42.5 Å². The highest BCUT2D eigenvalue weighted by atomic mass is 16.2. The van der Waals surface area contributed by atoms with E-state index < -0.39 is 5.92 Å². The Bertz CT molecular complexity index is 832. The lowest BCUT2D eigenvalue weighted by atomic mass is 10.1. The van der Waals surface area contributed by atoms with E-state index in [2.05, 4.69) is 5.32 Å². The molecule has 0 unspecified atom stereocenters. The molecule has 5 nitrogen and oxygen atoms in total. The fraction of sp³-hybridized carbons (Fsp3) is 0.286. The van der Waals surface area contributed by atoms with Crippen molar-refractivity contribution in [1.29, 1.82) is 0 Å². The van der Waals surface area contributed by atoms with Crippen LogP contribution in [0.1, 0.15) is 42.2 Å². The molecule has 1 aliphatic rings. The Balaban J connectivity index is 1.67. The summed E-state index contributed by atoms with van der Waals surface area (Å²) in [5, 5.41) is 2.83. The summed E-state index contributed by atoms with van der Waals surface area (Å²) in [4.78, 5) is 38.2. The van der Waals surface area contributed by atoms with Crippen LogP contribution in [-0.4, -0.2) is 29.0 Å². The lowest BCUT2D eigenvalue weighted by Crippen LogP contribution is -2.30. The minimum Gasteiger partial charge on any atom is -0.335 e. The van der Waals surface area contributed by atoms with Gasteiger partial charge < -0.3 is 10.2 Å². The first-order chi connectivity index (χ1) is 12.5. The molecular weight excluding hydrogens is 328 g/mol. The summed E-state index contributed by atoms with van der Waals surface area (Å²) in [7, 11) is 0. The van der Waals surface area contributed by atoms with Gasteiger partial charge in [-0.3, -0.25) is 14.4 Å². The molecule has 1 heterocycles. The van der Waals surface area contributed by atoms with E-state index >= 15 is 0 Å². The smallest absolute Gasteiger partial charge is 0.229 e. The summed E-state index contributed by atoms with van der Waals surface area (Å²) in [5.74, 6) is -0.657. The Morgan fingerprint density at radius 3 is 2.54 bits per heavy atom. The van der Waals surface area contributed by atoms with E-state index in [9.17, 15) is 14.4 Å². The van der Waals surface area contributed by atoms with Gasteiger partial charge in [-0.05, 0) is 31.5 Å². The van der Waals surface area contributed by atoms with Crippen LogP contribution < -0.4 is 5.32 Å². The predicted molar refractivity (Wildman–Crippen MR) is 99.8 cm³/mol. The zero-order chi connectivity index (χ0) is 18.7. The van der Waals surface area contributed by atoms with Gasteiger partial charge in [0.05, 0.1) is 12.0 Å². The van der Waals surface area contributed by atoms with E-state index in [0.717, 1.165) is 5.56 Å². The van der Waals surface area contributed by atoms with Crippen molar-refractivity contribution >= 4 is 23.3 Å². The standard InChI is InChI=1S/C21H22N2O3/c1-14(16-7-4-3-5-8-16)23-13-18(12-20(23)25)21(26)22-19-10-6-9-17(11-19)15(2)24/h3-11,14,18H,12-13H2,1-2H3,(H,22,26)/t14-,18-/m0/s1. The van der Waals surface area contributed by atoms with Crippen LogP contribution in [0.15, 0.2) is 54.6 Å². The van der Waals surface area contributed by atoms with E-state index in [0.29, 0.717) is 17.8 Å². The summed E-state index contributed by atoms with van der Waals surface area (Å²) in [6, 6.07) is 16.6. The Morgan fingerprint density at radius 2 is 1.85 bits per heavy atom. The van der Waals surface area contributed by atoms with Gasteiger partial charge in [0, 0.05) is 24.2 Å². The molecule has 5 heteroatoms. The highest BCUT2D eigenvalue weighted by molar-refractivity contribution is 5.99. The van der Waals surface area contributed by atoms with E-state index in [-0.39, 0.29) is 30.1 Å². The van der Waals surface area contributed by atoms with Crippen molar-refractivity contribution in [3.8, 4) is 0 Å². The zero-order valence-electron chi connectivity index (χ0n) is 14.9. The maximum absolute atomic E-state index is 12.6. The predicted octanol–water partition coefficient (Wildman–Crippen LogP) is 3.44. The molecule has 0 radical (unpaired) electrons. The Morgan fingerprint density at radius 1 is 1.12 bits per heavy atom. The van der Waals surface area contributed by atoms with Gasteiger partial charge in [0.2, 0.25) is 11.8 Å². The van der Waals surface area contributed by atoms with Gasteiger partial charge in [-0.25, -0.2) is 0 Å². The van der Waals surface area contributed by atoms with Crippen LogP contribution in [0.5, 0.6) is 0 Å². The van der Waals surface area contributed by atoms with Gasteiger partial charge in [0.25, 0.3) is 0 Å².